The first-order valence-corrected chi connectivity index (χ1v) is 9.70. The summed E-state index contributed by atoms with van der Waals surface area (Å²) in [5.74, 6) is 0. The molecule has 0 radical (unpaired) electrons. The number of nitrogens with one attached hydrogen (secondary N) is 2. The summed E-state index contributed by atoms with van der Waals surface area (Å²) in [5, 5.41) is 7.41. The lowest BCUT2D eigenvalue weighted by Crippen LogP contribution is -2.51. The highest BCUT2D eigenvalue weighted by atomic mass is 35.5. The molecule has 0 aliphatic carbocycles. The van der Waals surface area contributed by atoms with Gasteiger partial charge in [0, 0.05) is 32.7 Å². The van der Waals surface area contributed by atoms with E-state index in [1.807, 2.05) is 42.5 Å². The Morgan fingerprint density at radius 2 is 1.89 bits per heavy atom. The fraction of sp³-hybridized carbons (Fsp3) is 0.350. The molecule has 1 heterocycles. The van der Waals surface area contributed by atoms with Gasteiger partial charge in [0.2, 0.25) is 0 Å². The number of nitrogens with zero attached hydrogens (tertiary/aromatic N) is 1. The second kappa shape index (κ2) is 9.95. The van der Waals surface area contributed by atoms with Crippen LogP contribution in [0.4, 0.5) is 4.79 Å². The summed E-state index contributed by atoms with van der Waals surface area (Å²) < 4.78 is 5.77. The van der Waals surface area contributed by atoms with Gasteiger partial charge in [-0.1, -0.05) is 59.6 Å². The molecule has 27 heavy (non-hydrogen) atoms. The number of urea groups is 1. The van der Waals surface area contributed by atoms with Crippen molar-refractivity contribution in [3.8, 4) is 0 Å². The first-order valence-electron chi connectivity index (χ1n) is 8.95. The van der Waals surface area contributed by atoms with Crippen LogP contribution in [0, 0.1) is 0 Å². The van der Waals surface area contributed by atoms with Crippen molar-refractivity contribution >= 4 is 29.2 Å². The molecule has 1 atom stereocenters. The SMILES string of the molecule is O=C(NCc1ccccc1)N1CCOC(CNCc2ccc(Cl)c(Cl)c2)C1. The Balaban J connectivity index is 1.41. The molecule has 1 fully saturated rings. The highest BCUT2D eigenvalue weighted by Crippen LogP contribution is 2.22. The number of hydrogen-bond donors (Lipinski definition) is 2. The van der Waals surface area contributed by atoms with Crippen molar-refractivity contribution in [3.63, 3.8) is 0 Å². The molecule has 0 bridgehead atoms. The molecule has 0 spiro atoms. The van der Waals surface area contributed by atoms with Crippen LogP contribution in [0.3, 0.4) is 0 Å². The van der Waals surface area contributed by atoms with Gasteiger partial charge in [0.25, 0.3) is 0 Å². The Labute approximate surface area is 169 Å². The minimum Gasteiger partial charge on any atom is -0.373 e. The topological polar surface area (TPSA) is 53.6 Å². The van der Waals surface area contributed by atoms with E-state index in [0.717, 1.165) is 11.1 Å². The molecule has 1 saturated heterocycles. The van der Waals surface area contributed by atoms with Gasteiger partial charge in [-0.25, -0.2) is 4.79 Å². The average molecular weight is 408 g/mol. The quantitative estimate of drug-likeness (QED) is 0.767. The van der Waals surface area contributed by atoms with Crippen LogP contribution in [-0.2, 0) is 17.8 Å². The second-order valence-electron chi connectivity index (χ2n) is 6.46. The fourth-order valence-corrected chi connectivity index (χ4v) is 3.26. The average Bonchev–Trinajstić information content (AvgIpc) is 2.70. The van der Waals surface area contributed by atoms with E-state index in [1.54, 1.807) is 11.0 Å². The normalized spacial score (nSPS) is 17.0. The summed E-state index contributed by atoms with van der Waals surface area (Å²) in [7, 11) is 0. The Morgan fingerprint density at radius 3 is 2.67 bits per heavy atom. The third-order valence-electron chi connectivity index (χ3n) is 4.40. The van der Waals surface area contributed by atoms with Crippen LogP contribution < -0.4 is 10.6 Å². The predicted molar refractivity (Wildman–Crippen MR) is 108 cm³/mol. The van der Waals surface area contributed by atoms with Crippen molar-refractivity contribution in [2.75, 3.05) is 26.2 Å². The van der Waals surface area contributed by atoms with Gasteiger partial charge in [0.15, 0.2) is 0 Å². The number of benzene rings is 2. The Morgan fingerprint density at radius 1 is 1.07 bits per heavy atom. The highest BCUT2D eigenvalue weighted by molar-refractivity contribution is 6.42. The van der Waals surface area contributed by atoms with E-state index in [9.17, 15) is 4.79 Å². The summed E-state index contributed by atoms with van der Waals surface area (Å²) in [4.78, 5) is 14.2. The van der Waals surface area contributed by atoms with Crippen LogP contribution in [-0.4, -0.2) is 43.3 Å². The number of amides is 2. The molecular formula is C20H23Cl2N3O2. The molecule has 0 saturated carbocycles. The summed E-state index contributed by atoms with van der Waals surface area (Å²) >= 11 is 12.0. The number of hydrogen-bond acceptors (Lipinski definition) is 3. The van der Waals surface area contributed by atoms with Crippen LogP contribution in [0.25, 0.3) is 0 Å². The van der Waals surface area contributed by atoms with Crippen LogP contribution >= 0.6 is 23.2 Å². The largest absolute Gasteiger partial charge is 0.373 e. The zero-order valence-corrected chi connectivity index (χ0v) is 16.5. The molecule has 2 amide bonds. The highest BCUT2D eigenvalue weighted by Gasteiger charge is 2.23. The van der Waals surface area contributed by atoms with Gasteiger partial charge in [-0.15, -0.1) is 0 Å². The van der Waals surface area contributed by atoms with Gasteiger partial charge in [-0.2, -0.15) is 0 Å². The van der Waals surface area contributed by atoms with Crippen molar-refractivity contribution in [2.45, 2.75) is 19.2 Å². The number of rotatable bonds is 6. The van der Waals surface area contributed by atoms with Gasteiger partial charge < -0.3 is 20.3 Å². The molecule has 5 nitrogen and oxygen atoms in total. The molecule has 1 unspecified atom stereocenters. The summed E-state index contributed by atoms with van der Waals surface area (Å²) in [5.41, 5.74) is 2.14. The third kappa shape index (κ3) is 6.11. The third-order valence-corrected chi connectivity index (χ3v) is 5.14. The van der Waals surface area contributed by atoms with Crippen molar-refractivity contribution in [2.24, 2.45) is 0 Å². The maximum absolute atomic E-state index is 12.4. The van der Waals surface area contributed by atoms with Gasteiger partial charge >= 0.3 is 6.03 Å². The number of ether oxygens (including phenoxy) is 1. The first-order chi connectivity index (χ1) is 13.1. The molecule has 2 aromatic carbocycles. The molecule has 1 aliphatic rings. The van der Waals surface area contributed by atoms with Crippen LogP contribution in [0.15, 0.2) is 48.5 Å². The van der Waals surface area contributed by atoms with E-state index in [1.165, 1.54) is 0 Å². The van der Waals surface area contributed by atoms with Crippen molar-refractivity contribution in [1.29, 1.82) is 0 Å². The fourth-order valence-electron chi connectivity index (χ4n) is 2.94. The van der Waals surface area contributed by atoms with Gasteiger partial charge in [-0.3, -0.25) is 0 Å². The van der Waals surface area contributed by atoms with E-state index in [2.05, 4.69) is 10.6 Å². The molecule has 2 N–H and O–H groups in total. The first kappa shape index (κ1) is 20.0. The summed E-state index contributed by atoms with van der Waals surface area (Å²) in [6, 6.07) is 15.4. The Hall–Kier alpha value is -1.79. The second-order valence-corrected chi connectivity index (χ2v) is 7.28. The molecule has 144 valence electrons. The van der Waals surface area contributed by atoms with E-state index < -0.39 is 0 Å². The van der Waals surface area contributed by atoms with Gasteiger partial charge in [-0.05, 0) is 23.3 Å². The lowest BCUT2D eigenvalue weighted by Gasteiger charge is -2.33. The maximum atomic E-state index is 12.4. The van der Waals surface area contributed by atoms with E-state index in [-0.39, 0.29) is 12.1 Å². The molecular weight excluding hydrogens is 385 g/mol. The van der Waals surface area contributed by atoms with Gasteiger partial charge in [0.1, 0.15) is 0 Å². The number of carbonyl (C=O) groups is 1. The molecule has 0 aromatic heterocycles. The van der Waals surface area contributed by atoms with E-state index in [0.29, 0.717) is 49.4 Å². The molecule has 2 aromatic rings. The Kier molecular flexibility index (Phi) is 7.35. The Bertz CT molecular complexity index is 758. The number of halogens is 2. The van der Waals surface area contributed by atoms with Crippen LogP contribution in [0.1, 0.15) is 11.1 Å². The number of morpholine rings is 1. The lowest BCUT2D eigenvalue weighted by atomic mass is 10.2. The van der Waals surface area contributed by atoms with Crippen molar-refractivity contribution in [1.82, 2.24) is 15.5 Å². The minimum atomic E-state index is -0.0587. The lowest BCUT2D eigenvalue weighted by molar-refractivity contribution is -0.0130. The number of carbonyl (C=O) groups excluding carboxylic acids is 1. The molecule has 3 rings (SSSR count). The standard InChI is InChI=1S/C20H23Cl2N3O2/c21-18-7-6-16(10-19(18)22)11-23-13-17-14-25(8-9-27-17)20(26)24-12-15-4-2-1-3-5-15/h1-7,10,17,23H,8-9,11-14H2,(H,24,26). The van der Waals surface area contributed by atoms with Crippen molar-refractivity contribution < 1.29 is 9.53 Å². The smallest absolute Gasteiger partial charge is 0.317 e. The summed E-state index contributed by atoms with van der Waals surface area (Å²) in [6.07, 6.45) is -0.0380. The summed E-state index contributed by atoms with van der Waals surface area (Å²) in [6.45, 7) is 3.55. The van der Waals surface area contributed by atoms with E-state index in [4.69, 9.17) is 27.9 Å². The molecule has 7 heteroatoms. The maximum Gasteiger partial charge on any atom is 0.317 e. The van der Waals surface area contributed by atoms with E-state index >= 15 is 0 Å². The zero-order valence-electron chi connectivity index (χ0n) is 15.0. The van der Waals surface area contributed by atoms with Crippen LogP contribution in [0.5, 0.6) is 0 Å². The van der Waals surface area contributed by atoms with Gasteiger partial charge in [0.05, 0.1) is 22.8 Å². The predicted octanol–water partition coefficient (Wildman–Crippen LogP) is 3.69. The zero-order chi connectivity index (χ0) is 19.1. The van der Waals surface area contributed by atoms with Crippen LogP contribution in [0.2, 0.25) is 10.0 Å². The molecule has 1 aliphatic heterocycles. The van der Waals surface area contributed by atoms with Crippen molar-refractivity contribution in [3.05, 3.63) is 69.7 Å². The minimum absolute atomic E-state index is 0.0380. The monoisotopic (exact) mass is 407 g/mol.